The number of nitrogen functional groups attached to an aromatic ring is 1. The minimum atomic E-state index is -0.520. The van der Waals surface area contributed by atoms with E-state index in [1.807, 2.05) is 0 Å². The number of carbonyl (C=O) groups is 2. The van der Waals surface area contributed by atoms with Crippen LogP contribution in [0, 0.1) is 0 Å². The molecule has 0 aliphatic heterocycles. The van der Waals surface area contributed by atoms with Crippen LogP contribution in [0.1, 0.15) is 20.8 Å². The van der Waals surface area contributed by atoms with Gasteiger partial charge in [0.05, 0.1) is 18.4 Å². The zero-order valence-electron chi connectivity index (χ0n) is 12.0. The Hall–Kier alpha value is -2.83. The summed E-state index contributed by atoms with van der Waals surface area (Å²) in [5.41, 5.74) is 7.19. The fourth-order valence-electron chi connectivity index (χ4n) is 1.83. The van der Waals surface area contributed by atoms with Gasteiger partial charge in [0.1, 0.15) is 0 Å². The molecule has 1 aromatic carbocycles. The molecule has 2 N–H and O–H groups in total. The molecule has 1 aromatic heterocycles. The Labute approximate surface area is 121 Å². The van der Waals surface area contributed by atoms with Crippen LogP contribution in [0.25, 0.3) is 5.69 Å². The van der Waals surface area contributed by atoms with Gasteiger partial charge in [0.2, 0.25) is 0 Å². The molecule has 2 aromatic rings. The van der Waals surface area contributed by atoms with E-state index in [9.17, 15) is 9.59 Å². The highest BCUT2D eigenvalue weighted by molar-refractivity contribution is 5.95. The molecule has 0 radical (unpaired) electrons. The third-order valence-corrected chi connectivity index (χ3v) is 2.89. The number of rotatable bonds is 3. The Kier molecular flexibility index (Phi) is 3.93. The fourth-order valence-corrected chi connectivity index (χ4v) is 1.83. The maximum atomic E-state index is 11.9. The van der Waals surface area contributed by atoms with Gasteiger partial charge in [-0.2, -0.15) is 5.10 Å². The van der Waals surface area contributed by atoms with Crippen LogP contribution in [0.2, 0.25) is 0 Å². The summed E-state index contributed by atoms with van der Waals surface area (Å²) in [6, 6.07) is 6.39. The van der Waals surface area contributed by atoms with Gasteiger partial charge in [0.25, 0.3) is 5.91 Å². The average molecular weight is 288 g/mol. The van der Waals surface area contributed by atoms with Gasteiger partial charge in [-0.25, -0.2) is 9.48 Å². The molecule has 0 aliphatic carbocycles. The zero-order chi connectivity index (χ0) is 15.6. The standard InChI is InChI=1S/C14H16N4O3/c1-17(2)13(19)11-6-7-18(16-11)12-5-4-9(15)8-10(12)14(20)21-3/h4-8H,15H2,1-3H3. The maximum Gasteiger partial charge on any atom is 0.340 e. The van der Waals surface area contributed by atoms with Crippen molar-refractivity contribution in [2.24, 2.45) is 0 Å². The van der Waals surface area contributed by atoms with Crippen molar-refractivity contribution in [2.75, 3.05) is 26.9 Å². The van der Waals surface area contributed by atoms with E-state index in [1.165, 1.54) is 22.8 Å². The summed E-state index contributed by atoms with van der Waals surface area (Å²) >= 11 is 0. The second-order valence-electron chi connectivity index (χ2n) is 4.61. The Balaban J connectivity index is 2.48. The smallest absolute Gasteiger partial charge is 0.340 e. The molecule has 0 atom stereocenters. The van der Waals surface area contributed by atoms with Crippen molar-refractivity contribution < 1.29 is 14.3 Å². The predicted molar refractivity (Wildman–Crippen MR) is 77.3 cm³/mol. The highest BCUT2D eigenvalue weighted by atomic mass is 16.5. The summed E-state index contributed by atoms with van der Waals surface area (Å²) in [6.45, 7) is 0. The Morgan fingerprint density at radius 2 is 2.00 bits per heavy atom. The number of anilines is 1. The molecular formula is C14H16N4O3. The van der Waals surface area contributed by atoms with Crippen molar-refractivity contribution in [3.63, 3.8) is 0 Å². The minimum Gasteiger partial charge on any atom is -0.465 e. The van der Waals surface area contributed by atoms with Gasteiger partial charge in [-0.15, -0.1) is 0 Å². The number of esters is 1. The number of nitrogens with two attached hydrogens (primary N) is 1. The van der Waals surface area contributed by atoms with Gasteiger partial charge < -0.3 is 15.4 Å². The van der Waals surface area contributed by atoms with Crippen LogP contribution in [-0.2, 0) is 4.74 Å². The van der Waals surface area contributed by atoms with E-state index in [0.29, 0.717) is 11.4 Å². The van der Waals surface area contributed by atoms with Crippen molar-refractivity contribution in [1.82, 2.24) is 14.7 Å². The number of hydrogen-bond acceptors (Lipinski definition) is 5. The minimum absolute atomic E-state index is 0.219. The SMILES string of the molecule is COC(=O)c1cc(N)ccc1-n1ccc(C(=O)N(C)C)n1. The molecule has 0 aliphatic rings. The molecule has 7 heteroatoms. The first-order chi connectivity index (χ1) is 9.93. The molecule has 1 heterocycles. The second-order valence-corrected chi connectivity index (χ2v) is 4.61. The highest BCUT2D eigenvalue weighted by Crippen LogP contribution is 2.19. The molecular weight excluding hydrogens is 272 g/mol. The van der Waals surface area contributed by atoms with Crippen molar-refractivity contribution in [1.29, 1.82) is 0 Å². The zero-order valence-corrected chi connectivity index (χ0v) is 12.0. The molecule has 0 saturated heterocycles. The lowest BCUT2D eigenvalue weighted by atomic mass is 10.1. The molecule has 21 heavy (non-hydrogen) atoms. The van der Waals surface area contributed by atoms with E-state index in [-0.39, 0.29) is 17.2 Å². The number of carbonyl (C=O) groups excluding carboxylic acids is 2. The largest absolute Gasteiger partial charge is 0.465 e. The quantitative estimate of drug-likeness (QED) is 0.670. The van der Waals surface area contributed by atoms with Crippen molar-refractivity contribution in [3.8, 4) is 5.69 Å². The third-order valence-electron chi connectivity index (χ3n) is 2.89. The number of aromatic nitrogens is 2. The Morgan fingerprint density at radius 1 is 1.29 bits per heavy atom. The predicted octanol–water partition coefficient (Wildman–Crippen LogP) is 0.943. The van der Waals surface area contributed by atoms with Crippen LogP contribution in [0.3, 0.4) is 0 Å². The third kappa shape index (κ3) is 2.86. The molecule has 0 unspecified atom stereocenters. The number of benzene rings is 1. The van der Waals surface area contributed by atoms with Crippen LogP contribution >= 0.6 is 0 Å². The number of amides is 1. The van der Waals surface area contributed by atoms with E-state index in [4.69, 9.17) is 10.5 Å². The van der Waals surface area contributed by atoms with Gasteiger partial charge in [-0.05, 0) is 24.3 Å². The summed E-state index contributed by atoms with van der Waals surface area (Å²) in [7, 11) is 4.58. The van der Waals surface area contributed by atoms with Gasteiger partial charge in [-0.3, -0.25) is 4.79 Å². The van der Waals surface area contributed by atoms with Crippen LogP contribution in [-0.4, -0.2) is 47.8 Å². The van der Waals surface area contributed by atoms with E-state index in [1.54, 1.807) is 38.5 Å². The molecule has 7 nitrogen and oxygen atoms in total. The van der Waals surface area contributed by atoms with E-state index < -0.39 is 5.97 Å². The lowest BCUT2D eigenvalue weighted by Gasteiger charge is -2.09. The summed E-state index contributed by atoms with van der Waals surface area (Å²) < 4.78 is 6.18. The van der Waals surface area contributed by atoms with E-state index in [0.717, 1.165) is 0 Å². The molecule has 0 fully saturated rings. The molecule has 110 valence electrons. The molecule has 0 spiro atoms. The summed E-state index contributed by atoms with van der Waals surface area (Å²) in [4.78, 5) is 25.1. The van der Waals surface area contributed by atoms with Crippen molar-refractivity contribution in [3.05, 3.63) is 41.7 Å². The molecule has 1 amide bonds. The monoisotopic (exact) mass is 288 g/mol. The van der Waals surface area contributed by atoms with Crippen LogP contribution in [0.15, 0.2) is 30.5 Å². The van der Waals surface area contributed by atoms with Crippen LogP contribution in [0.5, 0.6) is 0 Å². The van der Waals surface area contributed by atoms with Crippen LogP contribution in [0.4, 0.5) is 5.69 Å². The number of ether oxygens (including phenoxy) is 1. The lowest BCUT2D eigenvalue weighted by Crippen LogP contribution is -2.22. The van der Waals surface area contributed by atoms with Gasteiger partial charge in [-0.1, -0.05) is 0 Å². The van der Waals surface area contributed by atoms with E-state index >= 15 is 0 Å². The summed E-state index contributed by atoms with van der Waals surface area (Å²) in [5, 5.41) is 4.19. The van der Waals surface area contributed by atoms with Gasteiger partial charge >= 0.3 is 5.97 Å². The Bertz CT molecular complexity index is 691. The molecule has 2 rings (SSSR count). The summed E-state index contributed by atoms with van der Waals surface area (Å²) in [5.74, 6) is -0.739. The van der Waals surface area contributed by atoms with Gasteiger partial charge in [0, 0.05) is 26.0 Å². The van der Waals surface area contributed by atoms with Gasteiger partial charge in [0.15, 0.2) is 5.69 Å². The number of nitrogens with zero attached hydrogens (tertiary/aromatic N) is 3. The fraction of sp³-hybridized carbons (Fsp3) is 0.214. The molecule has 0 bridgehead atoms. The van der Waals surface area contributed by atoms with Crippen molar-refractivity contribution in [2.45, 2.75) is 0 Å². The number of methoxy groups -OCH3 is 1. The maximum absolute atomic E-state index is 11.9. The number of hydrogen-bond donors (Lipinski definition) is 1. The van der Waals surface area contributed by atoms with Crippen LogP contribution < -0.4 is 5.73 Å². The average Bonchev–Trinajstić information content (AvgIpc) is 2.94. The summed E-state index contributed by atoms with van der Waals surface area (Å²) in [6.07, 6.45) is 1.61. The van der Waals surface area contributed by atoms with E-state index in [2.05, 4.69) is 5.10 Å². The Morgan fingerprint density at radius 3 is 2.62 bits per heavy atom. The first-order valence-electron chi connectivity index (χ1n) is 6.19. The normalized spacial score (nSPS) is 10.2. The topological polar surface area (TPSA) is 90.4 Å². The lowest BCUT2D eigenvalue weighted by molar-refractivity contribution is 0.0600. The second kappa shape index (κ2) is 5.66. The molecule has 0 saturated carbocycles. The first-order valence-corrected chi connectivity index (χ1v) is 6.19. The first kappa shape index (κ1) is 14.6. The van der Waals surface area contributed by atoms with Crippen molar-refractivity contribution >= 4 is 17.6 Å². The highest BCUT2D eigenvalue weighted by Gasteiger charge is 2.17.